The van der Waals surface area contributed by atoms with Crippen LogP contribution in [0.4, 0.5) is 10.8 Å². The highest BCUT2D eigenvalue weighted by Gasteiger charge is 2.16. The van der Waals surface area contributed by atoms with Crippen molar-refractivity contribution in [3.05, 3.63) is 105 Å². The Labute approximate surface area is 226 Å². The summed E-state index contributed by atoms with van der Waals surface area (Å²) in [6, 6.07) is 23.7. The second-order valence-electron chi connectivity index (χ2n) is 9.21. The molecule has 0 fully saturated rings. The van der Waals surface area contributed by atoms with Crippen molar-refractivity contribution >= 4 is 28.1 Å². The van der Waals surface area contributed by atoms with E-state index in [1.165, 1.54) is 23.5 Å². The summed E-state index contributed by atoms with van der Waals surface area (Å²) in [6.45, 7) is 6.34. The first kappa shape index (κ1) is 26.8. The number of amides is 1. The zero-order valence-electron chi connectivity index (χ0n) is 21.4. The number of non-ortho nitro benzene ring substituents is 1. The monoisotopic (exact) mass is 530 g/mol. The van der Waals surface area contributed by atoms with E-state index in [1.807, 2.05) is 66.0 Å². The summed E-state index contributed by atoms with van der Waals surface area (Å²) in [4.78, 5) is 30.1. The lowest BCUT2D eigenvalue weighted by molar-refractivity contribution is -0.384. The van der Waals surface area contributed by atoms with Gasteiger partial charge in [-0.15, -0.1) is 11.3 Å². The summed E-state index contributed by atoms with van der Waals surface area (Å²) >= 11 is 1.47. The van der Waals surface area contributed by atoms with Gasteiger partial charge in [-0.25, -0.2) is 4.98 Å². The van der Waals surface area contributed by atoms with Gasteiger partial charge in [0.1, 0.15) is 12.4 Å². The number of carbonyl (C=O) groups excluding carboxylic acids is 1. The van der Waals surface area contributed by atoms with Crippen LogP contribution < -0.4 is 15.0 Å². The van der Waals surface area contributed by atoms with Crippen molar-refractivity contribution < 1.29 is 14.5 Å². The van der Waals surface area contributed by atoms with Crippen LogP contribution in [-0.4, -0.2) is 35.5 Å². The lowest BCUT2D eigenvalue weighted by atomic mass is 10.1. The SMILES string of the molecule is CC(C)CNC(=O)c1ccc(CN(CCOc2ccccc2)c2nc(-c3cccc([N+](=O)[O-])c3)cs2)cc1. The molecule has 0 aliphatic heterocycles. The first-order chi connectivity index (χ1) is 18.4. The first-order valence-corrected chi connectivity index (χ1v) is 13.3. The Bertz CT molecular complexity index is 1360. The quantitative estimate of drug-likeness (QED) is 0.173. The van der Waals surface area contributed by atoms with Crippen molar-refractivity contribution in [3.63, 3.8) is 0 Å². The third-order valence-corrected chi connectivity index (χ3v) is 6.65. The Morgan fingerprint density at radius 2 is 1.84 bits per heavy atom. The van der Waals surface area contributed by atoms with E-state index < -0.39 is 4.92 Å². The Kier molecular flexibility index (Phi) is 9.05. The molecule has 38 heavy (non-hydrogen) atoms. The van der Waals surface area contributed by atoms with E-state index in [4.69, 9.17) is 9.72 Å². The summed E-state index contributed by atoms with van der Waals surface area (Å²) in [7, 11) is 0. The molecule has 4 rings (SSSR count). The van der Waals surface area contributed by atoms with Crippen LogP contribution in [0.1, 0.15) is 29.8 Å². The summed E-state index contributed by atoms with van der Waals surface area (Å²) in [6.07, 6.45) is 0. The average Bonchev–Trinajstić information content (AvgIpc) is 3.42. The van der Waals surface area contributed by atoms with Crippen LogP contribution in [-0.2, 0) is 6.54 Å². The highest BCUT2D eigenvalue weighted by Crippen LogP contribution is 2.30. The molecule has 0 aliphatic rings. The van der Waals surface area contributed by atoms with Crippen molar-refractivity contribution in [1.29, 1.82) is 0 Å². The number of nitro benzene ring substituents is 1. The minimum Gasteiger partial charge on any atom is -0.492 e. The van der Waals surface area contributed by atoms with Gasteiger partial charge in [0.05, 0.1) is 17.2 Å². The number of rotatable bonds is 12. The molecule has 4 aromatic rings. The van der Waals surface area contributed by atoms with Crippen LogP contribution in [0.25, 0.3) is 11.3 Å². The van der Waals surface area contributed by atoms with Gasteiger partial charge in [0, 0.05) is 41.7 Å². The number of thiazole rings is 1. The van der Waals surface area contributed by atoms with E-state index in [2.05, 4.69) is 24.1 Å². The molecule has 9 heteroatoms. The van der Waals surface area contributed by atoms with Crippen molar-refractivity contribution in [2.24, 2.45) is 5.92 Å². The number of benzene rings is 3. The lowest BCUT2D eigenvalue weighted by Gasteiger charge is -2.22. The molecule has 8 nitrogen and oxygen atoms in total. The third kappa shape index (κ3) is 7.39. The second kappa shape index (κ2) is 12.8. The second-order valence-corrected chi connectivity index (χ2v) is 10.0. The molecule has 1 N–H and O–H groups in total. The fraction of sp³-hybridized carbons (Fsp3) is 0.241. The number of aromatic nitrogens is 1. The molecular weight excluding hydrogens is 500 g/mol. The molecule has 1 heterocycles. The first-order valence-electron chi connectivity index (χ1n) is 12.4. The van der Waals surface area contributed by atoms with Crippen LogP contribution in [0.2, 0.25) is 0 Å². The number of nitrogens with one attached hydrogen (secondary N) is 1. The fourth-order valence-corrected chi connectivity index (χ4v) is 4.60. The maximum Gasteiger partial charge on any atom is 0.270 e. The predicted octanol–water partition coefficient (Wildman–Crippen LogP) is 6.19. The van der Waals surface area contributed by atoms with Gasteiger partial charge in [-0.3, -0.25) is 14.9 Å². The van der Waals surface area contributed by atoms with Gasteiger partial charge in [0.25, 0.3) is 11.6 Å². The molecule has 3 aromatic carbocycles. The van der Waals surface area contributed by atoms with E-state index in [1.54, 1.807) is 6.07 Å². The normalized spacial score (nSPS) is 10.8. The molecule has 0 radical (unpaired) electrons. The van der Waals surface area contributed by atoms with Gasteiger partial charge >= 0.3 is 0 Å². The number of para-hydroxylation sites is 1. The number of carbonyl (C=O) groups is 1. The van der Waals surface area contributed by atoms with E-state index in [-0.39, 0.29) is 11.6 Å². The van der Waals surface area contributed by atoms with Gasteiger partial charge in [0.2, 0.25) is 0 Å². The highest BCUT2D eigenvalue weighted by atomic mass is 32.1. The highest BCUT2D eigenvalue weighted by molar-refractivity contribution is 7.14. The Morgan fingerprint density at radius 1 is 1.08 bits per heavy atom. The van der Waals surface area contributed by atoms with Crippen LogP contribution in [0.3, 0.4) is 0 Å². The van der Waals surface area contributed by atoms with Gasteiger partial charge in [-0.2, -0.15) is 0 Å². The topological polar surface area (TPSA) is 97.6 Å². The molecule has 0 aliphatic carbocycles. The van der Waals surface area contributed by atoms with Gasteiger partial charge in [-0.05, 0) is 35.7 Å². The Morgan fingerprint density at radius 3 is 2.55 bits per heavy atom. The third-order valence-electron chi connectivity index (χ3n) is 5.75. The number of hydrogen-bond donors (Lipinski definition) is 1. The van der Waals surface area contributed by atoms with Crippen molar-refractivity contribution in [3.8, 4) is 17.0 Å². The van der Waals surface area contributed by atoms with Crippen LogP contribution >= 0.6 is 11.3 Å². The molecule has 0 unspecified atom stereocenters. The number of ether oxygens (including phenoxy) is 1. The van der Waals surface area contributed by atoms with E-state index in [0.29, 0.717) is 49.0 Å². The molecular formula is C29H30N4O4S. The zero-order valence-corrected chi connectivity index (χ0v) is 22.2. The molecule has 0 saturated carbocycles. The Balaban J connectivity index is 1.51. The lowest BCUT2D eigenvalue weighted by Crippen LogP contribution is -2.28. The van der Waals surface area contributed by atoms with Crippen LogP contribution in [0.5, 0.6) is 5.75 Å². The minimum atomic E-state index is -0.406. The largest absolute Gasteiger partial charge is 0.492 e. The van der Waals surface area contributed by atoms with Crippen molar-refractivity contribution in [2.75, 3.05) is 24.6 Å². The number of nitro groups is 1. The molecule has 0 saturated heterocycles. The Hall–Kier alpha value is -4.24. The molecule has 196 valence electrons. The van der Waals surface area contributed by atoms with E-state index >= 15 is 0 Å². The summed E-state index contributed by atoms with van der Waals surface area (Å²) in [5.74, 6) is 1.09. The number of anilines is 1. The molecule has 0 spiro atoms. The maximum atomic E-state index is 12.4. The molecule has 0 atom stereocenters. The van der Waals surface area contributed by atoms with Gasteiger partial charge in [-0.1, -0.05) is 56.3 Å². The number of nitrogens with zero attached hydrogens (tertiary/aromatic N) is 3. The molecule has 0 bridgehead atoms. The standard InChI is InChI=1S/C29H30N4O4S/c1-21(2)18-30-28(34)23-13-11-22(12-14-23)19-32(15-16-37-26-9-4-3-5-10-26)29-31-27(20-38-29)24-7-6-8-25(17-24)33(35)36/h3-14,17,20-21H,15-16,18-19H2,1-2H3,(H,30,34). The maximum absolute atomic E-state index is 12.4. The van der Waals surface area contributed by atoms with E-state index in [0.717, 1.165) is 16.4 Å². The van der Waals surface area contributed by atoms with E-state index in [9.17, 15) is 14.9 Å². The number of hydrogen-bond acceptors (Lipinski definition) is 7. The average molecular weight is 531 g/mol. The molecule has 1 aromatic heterocycles. The fourth-order valence-electron chi connectivity index (χ4n) is 3.73. The van der Waals surface area contributed by atoms with Crippen LogP contribution in [0, 0.1) is 16.0 Å². The van der Waals surface area contributed by atoms with Gasteiger partial charge in [0.15, 0.2) is 5.13 Å². The van der Waals surface area contributed by atoms with Crippen molar-refractivity contribution in [1.82, 2.24) is 10.3 Å². The van der Waals surface area contributed by atoms with Gasteiger partial charge < -0.3 is 15.0 Å². The summed E-state index contributed by atoms with van der Waals surface area (Å²) in [5.41, 5.74) is 3.05. The predicted molar refractivity (Wildman–Crippen MR) is 151 cm³/mol. The van der Waals surface area contributed by atoms with Crippen LogP contribution in [0.15, 0.2) is 84.2 Å². The van der Waals surface area contributed by atoms with Crippen molar-refractivity contribution in [2.45, 2.75) is 20.4 Å². The molecule has 1 amide bonds. The summed E-state index contributed by atoms with van der Waals surface area (Å²) < 4.78 is 5.93. The summed E-state index contributed by atoms with van der Waals surface area (Å²) in [5, 5.41) is 16.8. The minimum absolute atomic E-state index is 0.0303. The smallest absolute Gasteiger partial charge is 0.270 e. The zero-order chi connectivity index (χ0) is 26.9.